The highest BCUT2D eigenvalue weighted by Gasteiger charge is 2.32. The molecule has 0 aromatic heterocycles. The predicted octanol–water partition coefficient (Wildman–Crippen LogP) is -1.04. The molecule has 0 aromatic carbocycles. The van der Waals surface area contributed by atoms with Crippen LogP contribution in [0.4, 0.5) is 0 Å². The second kappa shape index (κ2) is 7.24. The number of amides is 2. The number of likely N-dealkylation sites (tertiary alicyclic amines) is 1. The Hall–Kier alpha value is -1.14. The van der Waals surface area contributed by atoms with E-state index in [-0.39, 0.29) is 24.4 Å². The van der Waals surface area contributed by atoms with Crippen LogP contribution in [0.5, 0.6) is 0 Å². The second-order valence-corrected chi connectivity index (χ2v) is 4.03. The number of nitrogens with one attached hydrogen (secondary N) is 2. The minimum atomic E-state index is -0.295. The minimum Gasteiger partial charge on any atom is -0.383 e. The van der Waals surface area contributed by atoms with Gasteiger partial charge in [0.15, 0.2) is 0 Å². The molecule has 1 atom stereocenters. The first-order chi connectivity index (χ1) is 8.20. The molecule has 6 nitrogen and oxygen atoms in total. The second-order valence-electron chi connectivity index (χ2n) is 4.03. The van der Waals surface area contributed by atoms with Crippen LogP contribution in [0.15, 0.2) is 0 Å². The van der Waals surface area contributed by atoms with E-state index in [4.69, 9.17) is 4.74 Å². The third kappa shape index (κ3) is 3.98. The van der Waals surface area contributed by atoms with Crippen molar-refractivity contribution in [2.24, 2.45) is 0 Å². The van der Waals surface area contributed by atoms with Crippen LogP contribution in [-0.4, -0.2) is 63.2 Å². The molecule has 0 bridgehead atoms. The van der Waals surface area contributed by atoms with Gasteiger partial charge in [-0.2, -0.15) is 0 Å². The minimum absolute atomic E-state index is 0.0211. The van der Waals surface area contributed by atoms with Crippen LogP contribution >= 0.6 is 0 Å². The van der Waals surface area contributed by atoms with E-state index in [1.807, 2.05) is 0 Å². The number of methoxy groups -OCH3 is 1. The van der Waals surface area contributed by atoms with Crippen molar-refractivity contribution in [3.63, 3.8) is 0 Å². The summed E-state index contributed by atoms with van der Waals surface area (Å²) in [6.45, 7) is 2.15. The fourth-order valence-electron chi connectivity index (χ4n) is 1.98. The number of rotatable bonds is 6. The number of hydrogen-bond acceptors (Lipinski definition) is 4. The lowest BCUT2D eigenvalue weighted by molar-refractivity contribution is -0.137. The summed E-state index contributed by atoms with van der Waals surface area (Å²) in [5.74, 6) is -0.0973. The van der Waals surface area contributed by atoms with E-state index >= 15 is 0 Å². The van der Waals surface area contributed by atoms with E-state index in [2.05, 4.69) is 10.6 Å². The summed E-state index contributed by atoms with van der Waals surface area (Å²) in [6, 6.07) is -0.295. The molecule has 1 saturated heterocycles. The summed E-state index contributed by atoms with van der Waals surface area (Å²) >= 11 is 0. The van der Waals surface area contributed by atoms with Crippen molar-refractivity contribution in [1.82, 2.24) is 15.5 Å². The van der Waals surface area contributed by atoms with Crippen molar-refractivity contribution in [2.75, 3.05) is 40.4 Å². The first-order valence-corrected chi connectivity index (χ1v) is 5.91. The molecule has 2 N–H and O–H groups in total. The standard InChI is InChI=1S/C11H21N3O3/c1-12-11(16)9-4-3-6-14(9)10(15)8-13-5-7-17-2/h9,13H,3-8H2,1-2H3,(H,12,16). The van der Waals surface area contributed by atoms with Gasteiger partial charge in [0.25, 0.3) is 0 Å². The SMILES string of the molecule is CNC(=O)C1CCCN1C(=O)CNCCOC. The number of likely N-dealkylation sites (N-methyl/N-ethyl adjacent to an activating group) is 1. The topological polar surface area (TPSA) is 70.7 Å². The molecule has 1 fully saturated rings. The highest BCUT2D eigenvalue weighted by atomic mass is 16.5. The molecule has 0 aromatic rings. The Balaban J connectivity index is 2.37. The number of nitrogens with zero attached hydrogens (tertiary/aromatic N) is 1. The van der Waals surface area contributed by atoms with E-state index in [1.54, 1.807) is 19.1 Å². The zero-order valence-corrected chi connectivity index (χ0v) is 10.5. The van der Waals surface area contributed by atoms with Crippen molar-refractivity contribution in [1.29, 1.82) is 0 Å². The van der Waals surface area contributed by atoms with E-state index < -0.39 is 0 Å². The smallest absolute Gasteiger partial charge is 0.242 e. The van der Waals surface area contributed by atoms with Gasteiger partial charge in [-0.1, -0.05) is 0 Å². The molecule has 0 aliphatic carbocycles. The monoisotopic (exact) mass is 243 g/mol. The molecule has 6 heteroatoms. The van der Waals surface area contributed by atoms with Gasteiger partial charge >= 0.3 is 0 Å². The molecular formula is C11H21N3O3. The molecule has 1 unspecified atom stereocenters. The van der Waals surface area contributed by atoms with Gasteiger partial charge in [-0.3, -0.25) is 9.59 Å². The van der Waals surface area contributed by atoms with Gasteiger partial charge in [0.05, 0.1) is 13.2 Å². The Kier molecular flexibility index (Phi) is 5.93. The Morgan fingerprint density at radius 1 is 1.47 bits per heavy atom. The first kappa shape index (κ1) is 13.9. The lowest BCUT2D eigenvalue weighted by Gasteiger charge is -2.23. The van der Waals surface area contributed by atoms with Crippen LogP contribution in [0.3, 0.4) is 0 Å². The van der Waals surface area contributed by atoms with Crippen molar-refractivity contribution in [3.8, 4) is 0 Å². The van der Waals surface area contributed by atoms with Gasteiger partial charge in [-0.25, -0.2) is 0 Å². The van der Waals surface area contributed by atoms with Gasteiger partial charge in [0.2, 0.25) is 11.8 Å². The largest absolute Gasteiger partial charge is 0.383 e. The van der Waals surface area contributed by atoms with Crippen LogP contribution in [0, 0.1) is 0 Å². The molecule has 1 aliphatic rings. The van der Waals surface area contributed by atoms with Crippen LogP contribution in [0.25, 0.3) is 0 Å². The highest BCUT2D eigenvalue weighted by Crippen LogP contribution is 2.16. The maximum absolute atomic E-state index is 11.9. The summed E-state index contributed by atoms with van der Waals surface area (Å²) in [7, 11) is 3.21. The first-order valence-electron chi connectivity index (χ1n) is 5.91. The maximum Gasteiger partial charge on any atom is 0.242 e. The molecule has 0 radical (unpaired) electrons. The zero-order valence-electron chi connectivity index (χ0n) is 10.5. The Labute approximate surface area is 102 Å². The van der Waals surface area contributed by atoms with Crippen molar-refractivity contribution in [3.05, 3.63) is 0 Å². The molecule has 1 aliphatic heterocycles. The van der Waals surface area contributed by atoms with Crippen LogP contribution in [0.1, 0.15) is 12.8 Å². The van der Waals surface area contributed by atoms with Crippen molar-refractivity contribution in [2.45, 2.75) is 18.9 Å². The summed E-state index contributed by atoms with van der Waals surface area (Å²) < 4.78 is 4.87. The number of carbonyl (C=O) groups excluding carboxylic acids is 2. The average molecular weight is 243 g/mol. The van der Waals surface area contributed by atoms with Gasteiger partial charge in [0, 0.05) is 27.2 Å². The van der Waals surface area contributed by atoms with Gasteiger partial charge < -0.3 is 20.3 Å². The molecule has 2 amide bonds. The van der Waals surface area contributed by atoms with Crippen molar-refractivity contribution < 1.29 is 14.3 Å². The van der Waals surface area contributed by atoms with E-state index in [0.717, 1.165) is 12.8 Å². The van der Waals surface area contributed by atoms with Crippen molar-refractivity contribution >= 4 is 11.8 Å². The summed E-state index contributed by atoms with van der Waals surface area (Å²) in [4.78, 5) is 25.1. The number of ether oxygens (including phenoxy) is 1. The Morgan fingerprint density at radius 2 is 2.24 bits per heavy atom. The molecule has 1 rings (SSSR count). The lowest BCUT2D eigenvalue weighted by atomic mass is 10.2. The summed E-state index contributed by atoms with van der Waals surface area (Å²) in [5.41, 5.74) is 0. The average Bonchev–Trinajstić information content (AvgIpc) is 2.82. The molecule has 1 heterocycles. The van der Waals surface area contributed by atoms with E-state index in [1.165, 1.54) is 0 Å². The summed E-state index contributed by atoms with van der Waals surface area (Å²) in [5, 5.41) is 5.59. The number of carbonyl (C=O) groups is 2. The van der Waals surface area contributed by atoms with Gasteiger partial charge in [0.1, 0.15) is 6.04 Å². The van der Waals surface area contributed by atoms with E-state index in [0.29, 0.717) is 19.7 Å². The van der Waals surface area contributed by atoms with Gasteiger partial charge in [-0.15, -0.1) is 0 Å². The fourth-order valence-corrected chi connectivity index (χ4v) is 1.98. The highest BCUT2D eigenvalue weighted by molar-refractivity contribution is 5.88. The van der Waals surface area contributed by atoms with Gasteiger partial charge in [-0.05, 0) is 12.8 Å². The Morgan fingerprint density at radius 3 is 2.88 bits per heavy atom. The molecule has 0 saturated carbocycles. The van der Waals surface area contributed by atoms with Crippen LogP contribution in [0.2, 0.25) is 0 Å². The summed E-state index contributed by atoms with van der Waals surface area (Å²) in [6.07, 6.45) is 1.64. The normalized spacial score (nSPS) is 19.4. The fraction of sp³-hybridized carbons (Fsp3) is 0.818. The molecule has 17 heavy (non-hydrogen) atoms. The van der Waals surface area contributed by atoms with E-state index in [9.17, 15) is 9.59 Å². The molecule has 98 valence electrons. The third-order valence-electron chi connectivity index (χ3n) is 2.88. The Bertz CT molecular complexity index is 271. The quantitative estimate of drug-likeness (QED) is 0.585. The maximum atomic E-state index is 11.9. The van der Waals surface area contributed by atoms with Crippen LogP contribution < -0.4 is 10.6 Å². The number of hydrogen-bond donors (Lipinski definition) is 2. The van der Waals surface area contributed by atoms with Crippen LogP contribution in [-0.2, 0) is 14.3 Å². The molecular weight excluding hydrogens is 222 g/mol. The molecule has 0 spiro atoms. The lowest BCUT2D eigenvalue weighted by Crippen LogP contribution is -2.47. The zero-order chi connectivity index (χ0) is 12.7. The predicted molar refractivity (Wildman–Crippen MR) is 63.5 cm³/mol. The third-order valence-corrected chi connectivity index (χ3v) is 2.88.